The third-order valence-electron chi connectivity index (χ3n) is 3.76. The quantitative estimate of drug-likeness (QED) is 0.896. The Bertz CT molecular complexity index is 478. The number of phenols is 1. The molecule has 2 rings (SSSR count). The Morgan fingerprint density at radius 3 is 2.89 bits per heavy atom. The van der Waals surface area contributed by atoms with Gasteiger partial charge in [0, 0.05) is 23.6 Å². The number of phenolic OH excluding ortho intramolecular Hbond substituents is 1. The maximum absolute atomic E-state index is 11.1. The molecule has 1 aromatic carbocycles. The van der Waals surface area contributed by atoms with Crippen molar-refractivity contribution in [2.24, 2.45) is 5.92 Å². The number of carboxylic acids is 1. The van der Waals surface area contributed by atoms with Gasteiger partial charge in [-0.25, -0.2) is 0 Å². The molecule has 0 aliphatic carbocycles. The van der Waals surface area contributed by atoms with Crippen LogP contribution in [0.5, 0.6) is 5.75 Å². The van der Waals surface area contributed by atoms with Crippen LogP contribution in [0.3, 0.4) is 0 Å². The number of benzene rings is 1. The van der Waals surface area contributed by atoms with Crippen molar-refractivity contribution in [3.05, 3.63) is 28.2 Å². The van der Waals surface area contributed by atoms with E-state index in [1.807, 2.05) is 6.07 Å². The number of halogens is 1. The standard InChI is InChI=1S/C14H18BrNO3/c1-9-2-3-10(14(18)19)7-16(9)8-11-6-12(17)4-5-13(11)15/h4-6,9-10,17H,2-3,7-8H2,1H3,(H,18,19). The number of carboxylic acid groups (broad SMARTS) is 1. The molecule has 0 amide bonds. The largest absolute Gasteiger partial charge is 0.508 e. The topological polar surface area (TPSA) is 60.8 Å². The molecule has 104 valence electrons. The Hall–Kier alpha value is -1.07. The highest BCUT2D eigenvalue weighted by molar-refractivity contribution is 9.10. The SMILES string of the molecule is CC1CCC(C(=O)O)CN1Cc1cc(O)ccc1Br. The van der Waals surface area contributed by atoms with Crippen LogP contribution < -0.4 is 0 Å². The normalized spacial score (nSPS) is 24.3. The molecule has 0 aromatic heterocycles. The van der Waals surface area contributed by atoms with E-state index in [0.29, 0.717) is 19.1 Å². The van der Waals surface area contributed by atoms with Gasteiger partial charge in [0.1, 0.15) is 5.75 Å². The Morgan fingerprint density at radius 2 is 2.21 bits per heavy atom. The summed E-state index contributed by atoms with van der Waals surface area (Å²) in [4.78, 5) is 13.3. The van der Waals surface area contributed by atoms with E-state index in [0.717, 1.165) is 22.9 Å². The molecule has 1 aliphatic rings. The van der Waals surface area contributed by atoms with E-state index in [1.165, 1.54) is 0 Å². The lowest BCUT2D eigenvalue weighted by atomic mass is 9.93. The predicted octanol–water partition coefficient (Wildman–Crippen LogP) is 2.84. The molecule has 5 heteroatoms. The van der Waals surface area contributed by atoms with Gasteiger partial charge in [-0.2, -0.15) is 0 Å². The summed E-state index contributed by atoms with van der Waals surface area (Å²) in [6, 6.07) is 5.53. The molecule has 0 radical (unpaired) electrons. The van der Waals surface area contributed by atoms with Gasteiger partial charge in [0.15, 0.2) is 0 Å². The number of carbonyl (C=O) groups is 1. The third-order valence-corrected chi connectivity index (χ3v) is 4.54. The van der Waals surface area contributed by atoms with Crippen molar-refractivity contribution in [2.45, 2.75) is 32.4 Å². The van der Waals surface area contributed by atoms with Crippen LogP contribution in [0.15, 0.2) is 22.7 Å². The van der Waals surface area contributed by atoms with E-state index in [2.05, 4.69) is 27.8 Å². The number of aromatic hydroxyl groups is 1. The van der Waals surface area contributed by atoms with Crippen LogP contribution in [0, 0.1) is 5.92 Å². The van der Waals surface area contributed by atoms with Crippen molar-refractivity contribution >= 4 is 21.9 Å². The van der Waals surface area contributed by atoms with E-state index in [-0.39, 0.29) is 11.7 Å². The molecule has 1 aliphatic heterocycles. The molecule has 0 bridgehead atoms. The Kier molecular flexibility index (Phi) is 4.47. The number of piperidine rings is 1. The summed E-state index contributed by atoms with van der Waals surface area (Å²) in [7, 11) is 0. The van der Waals surface area contributed by atoms with Gasteiger partial charge in [0.05, 0.1) is 5.92 Å². The highest BCUT2D eigenvalue weighted by Crippen LogP contribution is 2.28. The molecule has 1 heterocycles. The van der Waals surface area contributed by atoms with E-state index < -0.39 is 5.97 Å². The van der Waals surface area contributed by atoms with Crippen LogP contribution in [0.1, 0.15) is 25.3 Å². The molecule has 0 saturated carbocycles. The molecule has 1 saturated heterocycles. The van der Waals surface area contributed by atoms with Gasteiger partial charge in [-0.1, -0.05) is 15.9 Å². The molecular weight excluding hydrogens is 310 g/mol. The summed E-state index contributed by atoms with van der Waals surface area (Å²) in [6.07, 6.45) is 1.64. The van der Waals surface area contributed by atoms with Crippen molar-refractivity contribution in [1.82, 2.24) is 4.90 Å². The first-order chi connectivity index (χ1) is 8.97. The first-order valence-corrected chi connectivity index (χ1v) is 7.21. The molecule has 0 spiro atoms. The second-order valence-electron chi connectivity index (χ2n) is 5.17. The third kappa shape index (κ3) is 3.48. The number of hydrogen-bond acceptors (Lipinski definition) is 3. The van der Waals surface area contributed by atoms with Gasteiger partial charge in [0.25, 0.3) is 0 Å². The summed E-state index contributed by atoms with van der Waals surface area (Å²) in [6.45, 7) is 3.34. The Morgan fingerprint density at radius 1 is 1.47 bits per heavy atom. The molecule has 1 fully saturated rings. The van der Waals surface area contributed by atoms with Crippen LogP contribution in [0.4, 0.5) is 0 Å². The first kappa shape index (κ1) is 14.3. The average molecular weight is 328 g/mol. The van der Waals surface area contributed by atoms with E-state index in [4.69, 9.17) is 5.11 Å². The smallest absolute Gasteiger partial charge is 0.307 e. The van der Waals surface area contributed by atoms with Gasteiger partial charge < -0.3 is 10.2 Å². The predicted molar refractivity (Wildman–Crippen MR) is 76.0 cm³/mol. The second kappa shape index (κ2) is 5.92. The van der Waals surface area contributed by atoms with Crippen LogP contribution in [-0.2, 0) is 11.3 Å². The zero-order valence-corrected chi connectivity index (χ0v) is 12.4. The van der Waals surface area contributed by atoms with Gasteiger partial charge in [0.2, 0.25) is 0 Å². The van der Waals surface area contributed by atoms with Crippen LogP contribution in [0.25, 0.3) is 0 Å². The first-order valence-electron chi connectivity index (χ1n) is 6.41. The maximum atomic E-state index is 11.1. The van der Waals surface area contributed by atoms with Gasteiger partial charge >= 0.3 is 5.97 Å². The highest BCUT2D eigenvalue weighted by Gasteiger charge is 2.29. The lowest BCUT2D eigenvalue weighted by Crippen LogP contribution is -2.43. The Balaban J connectivity index is 2.12. The fraction of sp³-hybridized carbons (Fsp3) is 0.500. The fourth-order valence-electron chi connectivity index (χ4n) is 2.50. The zero-order valence-electron chi connectivity index (χ0n) is 10.8. The second-order valence-corrected chi connectivity index (χ2v) is 6.02. The van der Waals surface area contributed by atoms with E-state index >= 15 is 0 Å². The number of likely N-dealkylation sites (tertiary alicyclic amines) is 1. The molecule has 2 unspecified atom stereocenters. The monoisotopic (exact) mass is 327 g/mol. The fourth-order valence-corrected chi connectivity index (χ4v) is 2.87. The van der Waals surface area contributed by atoms with Crippen LogP contribution in [0.2, 0.25) is 0 Å². The minimum atomic E-state index is -0.716. The van der Waals surface area contributed by atoms with E-state index in [1.54, 1.807) is 12.1 Å². The summed E-state index contributed by atoms with van der Waals surface area (Å²) in [5.74, 6) is -0.767. The summed E-state index contributed by atoms with van der Waals surface area (Å²) < 4.78 is 0.940. The summed E-state index contributed by atoms with van der Waals surface area (Å²) >= 11 is 3.47. The van der Waals surface area contributed by atoms with Crippen LogP contribution in [-0.4, -0.2) is 33.7 Å². The molecule has 2 N–H and O–H groups in total. The summed E-state index contributed by atoms with van der Waals surface area (Å²) in [5.41, 5.74) is 0.984. The van der Waals surface area contributed by atoms with Crippen molar-refractivity contribution < 1.29 is 15.0 Å². The van der Waals surface area contributed by atoms with Gasteiger partial charge in [-0.3, -0.25) is 9.69 Å². The van der Waals surface area contributed by atoms with Gasteiger partial charge in [-0.05, 0) is 43.5 Å². The van der Waals surface area contributed by atoms with Crippen LogP contribution >= 0.6 is 15.9 Å². The van der Waals surface area contributed by atoms with Crippen molar-refractivity contribution in [3.63, 3.8) is 0 Å². The number of nitrogens with zero attached hydrogens (tertiary/aromatic N) is 1. The van der Waals surface area contributed by atoms with Gasteiger partial charge in [-0.15, -0.1) is 0 Å². The van der Waals surface area contributed by atoms with E-state index in [9.17, 15) is 9.90 Å². The molecule has 1 aromatic rings. The Labute approximate surface area is 121 Å². The van der Waals surface area contributed by atoms with Crippen molar-refractivity contribution in [3.8, 4) is 5.75 Å². The number of rotatable bonds is 3. The lowest BCUT2D eigenvalue weighted by Gasteiger charge is -2.36. The maximum Gasteiger partial charge on any atom is 0.307 e. The average Bonchev–Trinajstić information content (AvgIpc) is 2.36. The summed E-state index contributed by atoms with van der Waals surface area (Å²) in [5, 5.41) is 18.7. The lowest BCUT2D eigenvalue weighted by molar-refractivity contribution is -0.144. The minimum absolute atomic E-state index is 0.234. The highest BCUT2D eigenvalue weighted by atomic mass is 79.9. The van der Waals surface area contributed by atoms with Crippen molar-refractivity contribution in [2.75, 3.05) is 6.54 Å². The molecule has 2 atom stereocenters. The number of hydrogen-bond donors (Lipinski definition) is 2. The zero-order chi connectivity index (χ0) is 14.0. The molecular formula is C14H18BrNO3. The number of aliphatic carboxylic acids is 1. The molecule has 19 heavy (non-hydrogen) atoms. The molecule has 4 nitrogen and oxygen atoms in total. The minimum Gasteiger partial charge on any atom is -0.508 e. The van der Waals surface area contributed by atoms with Crippen molar-refractivity contribution in [1.29, 1.82) is 0 Å².